The first kappa shape index (κ1) is 18.1. The highest BCUT2D eigenvalue weighted by Gasteiger charge is 2.16. The van der Waals surface area contributed by atoms with Gasteiger partial charge in [0, 0.05) is 25.8 Å². The lowest BCUT2D eigenvalue weighted by atomic mass is 10.1. The summed E-state index contributed by atoms with van der Waals surface area (Å²) in [4.78, 5) is 23.3. The van der Waals surface area contributed by atoms with Crippen LogP contribution in [0.5, 0.6) is 0 Å². The van der Waals surface area contributed by atoms with E-state index >= 15 is 0 Å². The van der Waals surface area contributed by atoms with Gasteiger partial charge >= 0.3 is 0 Å². The lowest BCUT2D eigenvalue weighted by Gasteiger charge is -2.15. The van der Waals surface area contributed by atoms with Crippen LogP contribution in [0, 0.1) is 19.7 Å². The van der Waals surface area contributed by atoms with Gasteiger partial charge in [-0.3, -0.25) is 4.79 Å². The minimum absolute atomic E-state index is 0.128. The van der Waals surface area contributed by atoms with Gasteiger partial charge < -0.3 is 10.2 Å². The molecule has 3 rings (SSSR count). The monoisotopic (exact) mass is 372 g/mol. The number of fused-ring (bicyclic) bond motifs is 1. The molecule has 0 fully saturated rings. The van der Waals surface area contributed by atoms with Crippen molar-refractivity contribution in [3.8, 4) is 0 Å². The van der Waals surface area contributed by atoms with E-state index in [-0.39, 0.29) is 5.56 Å². The molecule has 5 nitrogen and oxygen atoms in total. The molecule has 0 aliphatic heterocycles. The van der Waals surface area contributed by atoms with E-state index in [0.717, 1.165) is 11.8 Å². The number of halogens is 2. The molecule has 26 heavy (non-hydrogen) atoms. The van der Waals surface area contributed by atoms with Gasteiger partial charge in [-0.15, -0.1) is 0 Å². The third kappa shape index (κ3) is 3.46. The van der Waals surface area contributed by atoms with E-state index in [9.17, 15) is 9.18 Å². The van der Waals surface area contributed by atoms with Crippen molar-refractivity contribution < 1.29 is 9.18 Å². The minimum atomic E-state index is -0.541. The van der Waals surface area contributed by atoms with Crippen LogP contribution in [0.1, 0.15) is 21.7 Å². The number of nitrogens with one attached hydrogen (secondary N) is 1. The molecule has 1 heterocycles. The summed E-state index contributed by atoms with van der Waals surface area (Å²) in [6.45, 7) is 3.59. The Labute approximate surface area is 155 Å². The van der Waals surface area contributed by atoms with Crippen molar-refractivity contribution in [2.75, 3.05) is 24.3 Å². The fourth-order valence-electron chi connectivity index (χ4n) is 2.62. The maximum atomic E-state index is 14.0. The number of amides is 1. The standard InChI is InChI=1S/C19H18ClFN4O/c1-10-11(2)23-18-14(7-12(21)8-16(18)22-10)19(26)24-13-5-6-17(25(3)4)15(20)9-13/h5-9H,1-4H3,(H,24,26). The summed E-state index contributed by atoms with van der Waals surface area (Å²) in [5.41, 5.74) is 3.57. The predicted octanol–water partition coefficient (Wildman–Crippen LogP) is 4.36. The first-order chi connectivity index (χ1) is 12.3. The zero-order chi connectivity index (χ0) is 19.0. The van der Waals surface area contributed by atoms with Crippen molar-refractivity contribution in [1.29, 1.82) is 0 Å². The quantitative estimate of drug-likeness (QED) is 0.742. The number of carbonyl (C=O) groups is 1. The predicted molar refractivity (Wildman–Crippen MR) is 103 cm³/mol. The summed E-state index contributed by atoms with van der Waals surface area (Å²) in [6, 6.07) is 7.62. The molecule has 0 saturated heterocycles. The zero-order valence-electron chi connectivity index (χ0n) is 14.9. The van der Waals surface area contributed by atoms with E-state index in [0.29, 0.717) is 33.1 Å². The smallest absolute Gasteiger partial charge is 0.258 e. The average Bonchev–Trinajstić information content (AvgIpc) is 2.55. The van der Waals surface area contributed by atoms with Gasteiger partial charge in [-0.05, 0) is 38.1 Å². The first-order valence-electron chi connectivity index (χ1n) is 7.99. The Morgan fingerprint density at radius 1 is 1.12 bits per heavy atom. The van der Waals surface area contributed by atoms with Crippen molar-refractivity contribution in [1.82, 2.24) is 9.97 Å². The van der Waals surface area contributed by atoms with E-state index in [1.54, 1.807) is 32.0 Å². The molecule has 0 saturated carbocycles. The van der Waals surface area contributed by atoms with Crippen LogP contribution in [0.3, 0.4) is 0 Å². The van der Waals surface area contributed by atoms with Gasteiger partial charge in [0.15, 0.2) is 0 Å². The van der Waals surface area contributed by atoms with Crippen LogP contribution in [0.15, 0.2) is 30.3 Å². The second-order valence-corrected chi connectivity index (χ2v) is 6.64. The molecule has 2 aromatic carbocycles. The maximum absolute atomic E-state index is 14.0. The number of aryl methyl sites for hydroxylation is 2. The molecular weight excluding hydrogens is 355 g/mol. The van der Waals surface area contributed by atoms with E-state index < -0.39 is 11.7 Å². The summed E-state index contributed by atoms with van der Waals surface area (Å²) in [7, 11) is 3.75. The second-order valence-electron chi connectivity index (χ2n) is 6.23. The fourth-order valence-corrected chi connectivity index (χ4v) is 2.97. The van der Waals surface area contributed by atoms with Crippen molar-refractivity contribution in [3.05, 3.63) is 58.1 Å². The molecule has 7 heteroatoms. The number of hydrogen-bond donors (Lipinski definition) is 1. The van der Waals surface area contributed by atoms with Gasteiger partial charge in [-0.25, -0.2) is 14.4 Å². The maximum Gasteiger partial charge on any atom is 0.258 e. The normalized spacial score (nSPS) is 10.8. The molecule has 1 aromatic heterocycles. The molecular formula is C19H18ClFN4O. The molecule has 0 aliphatic rings. The molecule has 1 N–H and O–H groups in total. The van der Waals surface area contributed by atoms with Crippen LogP contribution in [-0.4, -0.2) is 30.0 Å². The van der Waals surface area contributed by atoms with Crippen LogP contribution in [0.25, 0.3) is 11.0 Å². The van der Waals surface area contributed by atoms with E-state index in [2.05, 4.69) is 15.3 Å². The Kier molecular flexibility index (Phi) is 4.78. The lowest BCUT2D eigenvalue weighted by molar-refractivity contribution is 0.102. The summed E-state index contributed by atoms with van der Waals surface area (Å²) < 4.78 is 14.0. The van der Waals surface area contributed by atoms with Crippen LogP contribution in [-0.2, 0) is 0 Å². The summed E-state index contributed by atoms with van der Waals surface area (Å²) in [5, 5.41) is 3.25. The molecule has 1 amide bonds. The van der Waals surface area contributed by atoms with Crippen molar-refractivity contribution in [3.63, 3.8) is 0 Å². The lowest BCUT2D eigenvalue weighted by Crippen LogP contribution is -2.14. The van der Waals surface area contributed by atoms with Gasteiger partial charge in [0.1, 0.15) is 11.3 Å². The van der Waals surface area contributed by atoms with Gasteiger partial charge in [0.05, 0.1) is 33.2 Å². The highest BCUT2D eigenvalue weighted by atomic mass is 35.5. The van der Waals surface area contributed by atoms with E-state index in [1.165, 1.54) is 6.07 Å². The highest BCUT2D eigenvalue weighted by molar-refractivity contribution is 6.33. The molecule has 0 atom stereocenters. The van der Waals surface area contributed by atoms with Crippen LogP contribution in [0.4, 0.5) is 15.8 Å². The molecule has 0 unspecified atom stereocenters. The summed E-state index contributed by atoms with van der Waals surface area (Å²) >= 11 is 6.24. The number of aromatic nitrogens is 2. The third-order valence-corrected chi connectivity index (χ3v) is 4.38. The van der Waals surface area contributed by atoms with Gasteiger partial charge in [-0.2, -0.15) is 0 Å². The molecule has 0 bridgehead atoms. The van der Waals surface area contributed by atoms with E-state index in [1.807, 2.05) is 19.0 Å². The van der Waals surface area contributed by atoms with Gasteiger partial charge in [-0.1, -0.05) is 11.6 Å². The van der Waals surface area contributed by atoms with Crippen molar-refractivity contribution in [2.45, 2.75) is 13.8 Å². The van der Waals surface area contributed by atoms with Crippen molar-refractivity contribution in [2.24, 2.45) is 0 Å². The van der Waals surface area contributed by atoms with Crippen LogP contribution < -0.4 is 10.2 Å². The van der Waals surface area contributed by atoms with Gasteiger partial charge in [0.2, 0.25) is 0 Å². The molecule has 0 spiro atoms. The highest BCUT2D eigenvalue weighted by Crippen LogP contribution is 2.28. The number of anilines is 2. The average molecular weight is 373 g/mol. The fraction of sp³-hybridized carbons (Fsp3) is 0.211. The Morgan fingerprint density at radius 2 is 1.81 bits per heavy atom. The largest absolute Gasteiger partial charge is 0.376 e. The Balaban J connectivity index is 2.00. The molecule has 0 radical (unpaired) electrons. The zero-order valence-corrected chi connectivity index (χ0v) is 15.6. The SMILES string of the molecule is Cc1nc2cc(F)cc(C(=O)Nc3ccc(N(C)C)c(Cl)c3)c2nc1C. The molecule has 3 aromatic rings. The van der Waals surface area contributed by atoms with Crippen LogP contribution in [0.2, 0.25) is 5.02 Å². The minimum Gasteiger partial charge on any atom is -0.376 e. The first-order valence-corrected chi connectivity index (χ1v) is 8.37. The van der Waals surface area contributed by atoms with Gasteiger partial charge in [0.25, 0.3) is 5.91 Å². The van der Waals surface area contributed by atoms with E-state index in [4.69, 9.17) is 11.6 Å². The topological polar surface area (TPSA) is 58.1 Å². The Morgan fingerprint density at radius 3 is 2.46 bits per heavy atom. The number of rotatable bonds is 3. The number of benzene rings is 2. The molecule has 0 aliphatic carbocycles. The van der Waals surface area contributed by atoms with Crippen LogP contribution >= 0.6 is 11.6 Å². The third-order valence-electron chi connectivity index (χ3n) is 4.08. The summed E-state index contributed by atoms with van der Waals surface area (Å²) in [5.74, 6) is -1.01. The number of hydrogen-bond acceptors (Lipinski definition) is 4. The molecule has 134 valence electrons. The summed E-state index contributed by atoms with van der Waals surface area (Å²) in [6.07, 6.45) is 0. The Bertz CT molecular complexity index is 1020. The Hall–Kier alpha value is -2.73. The van der Waals surface area contributed by atoms with Crippen molar-refractivity contribution >= 4 is 39.9 Å². The second kappa shape index (κ2) is 6.88. The number of nitrogens with zero attached hydrogens (tertiary/aromatic N) is 3. The number of carbonyl (C=O) groups excluding carboxylic acids is 1.